The number of nitrogens with two attached hydrogens (primary N) is 1. The molecule has 3 N–H and O–H groups in total. The molecule has 20 heavy (non-hydrogen) atoms. The fourth-order valence-corrected chi connectivity index (χ4v) is 3.17. The van der Waals surface area contributed by atoms with Crippen molar-refractivity contribution in [2.75, 3.05) is 0 Å². The Bertz CT molecular complexity index is 530. The molecule has 1 rings (SSSR count). The Morgan fingerprint density at radius 2 is 2.05 bits per heavy atom. The van der Waals surface area contributed by atoms with Crippen molar-refractivity contribution in [3.05, 3.63) is 18.0 Å². The van der Waals surface area contributed by atoms with Gasteiger partial charge in [-0.2, -0.15) is 13.2 Å². The van der Waals surface area contributed by atoms with Crippen LogP contribution in [-0.4, -0.2) is 25.2 Å². The van der Waals surface area contributed by atoms with E-state index < -0.39 is 28.7 Å². The third kappa shape index (κ3) is 4.50. The zero-order valence-electron chi connectivity index (χ0n) is 11.2. The van der Waals surface area contributed by atoms with E-state index in [0.717, 1.165) is 0 Å². The van der Waals surface area contributed by atoms with Gasteiger partial charge in [0.05, 0.1) is 11.3 Å². The van der Waals surface area contributed by atoms with E-state index in [1.54, 1.807) is 4.57 Å². The fourth-order valence-electron chi connectivity index (χ4n) is 1.86. The molecule has 0 aliphatic rings. The predicted molar refractivity (Wildman–Crippen MR) is 68.5 cm³/mol. The van der Waals surface area contributed by atoms with Gasteiger partial charge in [-0.15, -0.1) is 0 Å². The number of hydrogen-bond acceptors (Lipinski definition) is 3. The van der Waals surface area contributed by atoms with Gasteiger partial charge in [0.25, 0.3) is 0 Å². The summed E-state index contributed by atoms with van der Waals surface area (Å²) in [6.45, 7) is 3.67. The molecular formula is C11H18F3N3O2S. The number of nitrogens with one attached hydrogen (secondary N) is 1. The van der Waals surface area contributed by atoms with Crippen LogP contribution in [0.3, 0.4) is 0 Å². The summed E-state index contributed by atoms with van der Waals surface area (Å²) in [5, 5.41) is 0. The quantitative estimate of drug-likeness (QED) is 0.837. The first kappa shape index (κ1) is 17.0. The number of alkyl halides is 3. The Labute approximate surface area is 116 Å². The lowest BCUT2D eigenvalue weighted by Gasteiger charge is -2.15. The number of aryl methyl sites for hydroxylation is 1. The van der Waals surface area contributed by atoms with Crippen LogP contribution in [0.15, 0.2) is 17.2 Å². The molecule has 1 atom stereocenters. The molecule has 1 heterocycles. The fraction of sp³-hybridized carbons (Fsp3) is 0.636. The van der Waals surface area contributed by atoms with Crippen LogP contribution in [0, 0.1) is 0 Å². The van der Waals surface area contributed by atoms with Gasteiger partial charge in [0.1, 0.15) is 0 Å². The van der Waals surface area contributed by atoms with Crippen LogP contribution >= 0.6 is 0 Å². The number of aromatic nitrogens is 1. The number of rotatable bonds is 6. The summed E-state index contributed by atoms with van der Waals surface area (Å²) in [7, 11) is -3.98. The molecule has 0 aliphatic carbocycles. The second kappa shape index (κ2) is 6.15. The highest BCUT2D eigenvalue weighted by Gasteiger charge is 2.32. The molecule has 0 amide bonds. The SMILES string of the molecule is CCn1cc(S(=O)(=O)NC(C)CC(F)(F)F)cc1CN. The maximum Gasteiger partial charge on any atom is 0.390 e. The van der Waals surface area contributed by atoms with Gasteiger partial charge in [0, 0.05) is 31.0 Å². The van der Waals surface area contributed by atoms with E-state index in [1.807, 2.05) is 11.6 Å². The molecule has 1 aromatic rings. The summed E-state index contributed by atoms with van der Waals surface area (Å²) in [5.74, 6) is 0. The molecule has 1 aromatic heterocycles. The monoisotopic (exact) mass is 313 g/mol. The molecule has 0 radical (unpaired) electrons. The minimum atomic E-state index is -4.42. The third-order valence-electron chi connectivity index (χ3n) is 2.71. The van der Waals surface area contributed by atoms with Crippen LogP contribution in [0.4, 0.5) is 13.2 Å². The summed E-state index contributed by atoms with van der Waals surface area (Å²) in [4.78, 5) is -0.0752. The molecule has 0 saturated carbocycles. The molecule has 0 fully saturated rings. The van der Waals surface area contributed by atoms with Crippen molar-refractivity contribution in [1.82, 2.24) is 9.29 Å². The first-order valence-corrected chi connectivity index (χ1v) is 7.55. The molecule has 9 heteroatoms. The van der Waals surface area contributed by atoms with Crippen LogP contribution in [-0.2, 0) is 23.1 Å². The molecule has 1 unspecified atom stereocenters. The summed E-state index contributed by atoms with van der Waals surface area (Å²) in [6.07, 6.45) is -4.27. The zero-order valence-corrected chi connectivity index (χ0v) is 12.1. The maximum absolute atomic E-state index is 12.2. The van der Waals surface area contributed by atoms with Crippen LogP contribution in [0.25, 0.3) is 0 Å². The Morgan fingerprint density at radius 3 is 2.45 bits per heavy atom. The van der Waals surface area contributed by atoms with E-state index in [1.165, 1.54) is 19.2 Å². The van der Waals surface area contributed by atoms with Crippen molar-refractivity contribution in [2.24, 2.45) is 5.73 Å². The van der Waals surface area contributed by atoms with Crippen LogP contribution in [0.5, 0.6) is 0 Å². The molecule has 0 aliphatic heterocycles. The van der Waals surface area contributed by atoms with E-state index in [0.29, 0.717) is 12.2 Å². The summed E-state index contributed by atoms with van der Waals surface area (Å²) >= 11 is 0. The second-order valence-corrected chi connectivity index (χ2v) is 6.21. The van der Waals surface area contributed by atoms with Gasteiger partial charge in [-0.25, -0.2) is 13.1 Å². The lowest BCUT2D eigenvalue weighted by atomic mass is 10.2. The minimum absolute atomic E-state index is 0.0752. The van der Waals surface area contributed by atoms with Crippen LogP contribution in [0.1, 0.15) is 26.0 Å². The molecule has 0 spiro atoms. The van der Waals surface area contributed by atoms with Gasteiger partial charge >= 0.3 is 6.18 Å². The summed E-state index contributed by atoms with van der Waals surface area (Å²) in [5.41, 5.74) is 6.09. The van der Waals surface area contributed by atoms with Gasteiger partial charge in [-0.1, -0.05) is 0 Å². The standard InChI is InChI=1S/C11H18F3N3O2S/c1-3-17-7-10(4-9(17)6-15)20(18,19)16-8(2)5-11(12,13)14/h4,7-8,16H,3,5-6,15H2,1-2H3. The van der Waals surface area contributed by atoms with Crippen molar-refractivity contribution in [2.45, 2.75) is 50.5 Å². The van der Waals surface area contributed by atoms with Crippen molar-refractivity contribution >= 4 is 10.0 Å². The maximum atomic E-state index is 12.2. The predicted octanol–water partition coefficient (Wildman–Crippen LogP) is 1.59. The summed E-state index contributed by atoms with van der Waals surface area (Å²) in [6, 6.07) is 0.137. The van der Waals surface area contributed by atoms with Crippen molar-refractivity contribution in [1.29, 1.82) is 0 Å². The van der Waals surface area contributed by atoms with Crippen molar-refractivity contribution < 1.29 is 21.6 Å². The van der Waals surface area contributed by atoms with Gasteiger partial charge < -0.3 is 10.3 Å². The topological polar surface area (TPSA) is 77.1 Å². The third-order valence-corrected chi connectivity index (χ3v) is 4.27. The first-order chi connectivity index (χ1) is 9.09. The highest BCUT2D eigenvalue weighted by Crippen LogP contribution is 2.22. The second-order valence-electron chi connectivity index (χ2n) is 4.50. The Balaban J connectivity index is 2.91. The van der Waals surface area contributed by atoms with Crippen LogP contribution in [0.2, 0.25) is 0 Å². The average Bonchev–Trinajstić information content (AvgIpc) is 2.68. The lowest BCUT2D eigenvalue weighted by Crippen LogP contribution is -2.35. The van der Waals surface area contributed by atoms with Crippen LogP contribution < -0.4 is 10.5 Å². The van der Waals surface area contributed by atoms with Gasteiger partial charge in [-0.3, -0.25) is 0 Å². The Kier molecular flexibility index (Phi) is 5.22. The van der Waals surface area contributed by atoms with Crippen molar-refractivity contribution in [3.8, 4) is 0 Å². The molecule has 0 bridgehead atoms. The first-order valence-electron chi connectivity index (χ1n) is 6.07. The Morgan fingerprint density at radius 1 is 1.45 bits per heavy atom. The number of sulfonamides is 1. The molecule has 0 saturated heterocycles. The van der Waals surface area contributed by atoms with E-state index >= 15 is 0 Å². The minimum Gasteiger partial charge on any atom is -0.349 e. The Hall–Kier alpha value is -1.06. The molecule has 5 nitrogen and oxygen atoms in total. The van der Waals surface area contributed by atoms with Gasteiger partial charge in [-0.05, 0) is 19.9 Å². The van der Waals surface area contributed by atoms with E-state index in [9.17, 15) is 21.6 Å². The number of halogens is 3. The normalized spacial score (nSPS) is 14.5. The number of nitrogens with zero attached hydrogens (tertiary/aromatic N) is 1. The van der Waals surface area contributed by atoms with E-state index in [2.05, 4.69) is 0 Å². The smallest absolute Gasteiger partial charge is 0.349 e. The largest absolute Gasteiger partial charge is 0.390 e. The lowest BCUT2D eigenvalue weighted by molar-refractivity contribution is -0.137. The van der Waals surface area contributed by atoms with Gasteiger partial charge in [0.2, 0.25) is 10.0 Å². The van der Waals surface area contributed by atoms with Crippen molar-refractivity contribution in [3.63, 3.8) is 0 Å². The highest BCUT2D eigenvalue weighted by molar-refractivity contribution is 7.89. The summed E-state index contributed by atoms with van der Waals surface area (Å²) < 4.78 is 64.3. The average molecular weight is 313 g/mol. The molecule has 0 aromatic carbocycles. The molecular weight excluding hydrogens is 295 g/mol. The van der Waals surface area contributed by atoms with E-state index in [-0.39, 0.29) is 11.4 Å². The zero-order chi connectivity index (χ0) is 15.6. The van der Waals surface area contributed by atoms with E-state index in [4.69, 9.17) is 5.73 Å². The van der Waals surface area contributed by atoms with Gasteiger partial charge in [0.15, 0.2) is 0 Å². The number of hydrogen-bond donors (Lipinski definition) is 2. The molecule has 116 valence electrons. The highest BCUT2D eigenvalue weighted by atomic mass is 32.2.